The molecule has 98 valence electrons. The number of hydrogen-bond acceptors (Lipinski definition) is 5. The molecule has 0 saturated heterocycles. The molecule has 2 aromatic rings. The summed E-state index contributed by atoms with van der Waals surface area (Å²) >= 11 is 0. The topological polar surface area (TPSA) is 56.3 Å². The Morgan fingerprint density at radius 3 is 2.74 bits per heavy atom. The highest BCUT2D eigenvalue weighted by Crippen LogP contribution is 2.35. The number of benzene rings is 1. The zero-order chi connectivity index (χ0) is 13.1. The molecule has 1 N–H and O–H groups in total. The van der Waals surface area contributed by atoms with E-state index in [9.17, 15) is 0 Å². The van der Waals surface area contributed by atoms with Gasteiger partial charge in [0.25, 0.3) is 0 Å². The van der Waals surface area contributed by atoms with Crippen molar-refractivity contribution in [2.45, 2.75) is 6.92 Å². The number of hydrogen-bond donors (Lipinski definition) is 1. The molecule has 2 heterocycles. The third kappa shape index (κ3) is 2.31. The van der Waals surface area contributed by atoms with Crippen molar-refractivity contribution < 1.29 is 9.47 Å². The Balaban J connectivity index is 2.02. The molecule has 5 heteroatoms. The molecule has 0 amide bonds. The minimum atomic E-state index is 0.580. The second kappa shape index (κ2) is 5.14. The normalized spacial score (nSPS) is 13.1. The van der Waals surface area contributed by atoms with E-state index in [0.29, 0.717) is 13.2 Å². The summed E-state index contributed by atoms with van der Waals surface area (Å²) < 4.78 is 11.1. The van der Waals surface area contributed by atoms with Crippen LogP contribution in [0, 0.1) is 0 Å². The number of anilines is 1. The van der Waals surface area contributed by atoms with Gasteiger partial charge in [-0.2, -0.15) is 0 Å². The van der Waals surface area contributed by atoms with Gasteiger partial charge >= 0.3 is 0 Å². The minimum Gasteiger partial charge on any atom is -0.486 e. The SMILES string of the molecule is CCNc1nccnc1-c1ccc2c(c1)OCCO2. The summed E-state index contributed by atoms with van der Waals surface area (Å²) in [6.45, 7) is 4.01. The van der Waals surface area contributed by atoms with Gasteiger partial charge < -0.3 is 14.8 Å². The van der Waals surface area contributed by atoms with Crippen molar-refractivity contribution in [3.05, 3.63) is 30.6 Å². The monoisotopic (exact) mass is 257 g/mol. The van der Waals surface area contributed by atoms with Crippen molar-refractivity contribution >= 4 is 5.82 Å². The van der Waals surface area contributed by atoms with E-state index in [2.05, 4.69) is 15.3 Å². The highest BCUT2D eigenvalue weighted by molar-refractivity contribution is 5.73. The van der Waals surface area contributed by atoms with Gasteiger partial charge in [-0.15, -0.1) is 0 Å². The van der Waals surface area contributed by atoms with Crippen LogP contribution in [0.5, 0.6) is 11.5 Å². The van der Waals surface area contributed by atoms with Crippen LogP contribution < -0.4 is 14.8 Å². The van der Waals surface area contributed by atoms with Crippen LogP contribution in [0.1, 0.15) is 6.92 Å². The summed E-state index contributed by atoms with van der Waals surface area (Å²) in [5.41, 5.74) is 1.79. The molecule has 0 fully saturated rings. The molecule has 1 aromatic heterocycles. The summed E-state index contributed by atoms with van der Waals surface area (Å²) in [5, 5.41) is 3.21. The quantitative estimate of drug-likeness (QED) is 0.914. The van der Waals surface area contributed by atoms with Crippen molar-refractivity contribution in [3.63, 3.8) is 0 Å². The van der Waals surface area contributed by atoms with E-state index < -0.39 is 0 Å². The van der Waals surface area contributed by atoms with Gasteiger partial charge in [0.05, 0.1) is 0 Å². The number of nitrogens with zero attached hydrogens (tertiary/aromatic N) is 2. The summed E-state index contributed by atoms with van der Waals surface area (Å²) in [6, 6.07) is 5.83. The third-order valence-electron chi connectivity index (χ3n) is 2.86. The lowest BCUT2D eigenvalue weighted by molar-refractivity contribution is 0.171. The van der Waals surface area contributed by atoms with Crippen molar-refractivity contribution in [2.24, 2.45) is 0 Å². The van der Waals surface area contributed by atoms with E-state index in [-0.39, 0.29) is 0 Å². The molecule has 1 aliphatic heterocycles. The highest BCUT2D eigenvalue weighted by atomic mass is 16.6. The van der Waals surface area contributed by atoms with Gasteiger partial charge in [0.1, 0.15) is 18.9 Å². The van der Waals surface area contributed by atoms with E-state index in [1.54, 1.807) is 12.4 Å². The maximum Gasteiger partial charge on any atom is 0.162 e. The molecule has 0 bridgehead atoms. The second-order valence-electron chi connectivity index (χ2n) is 4.14. The van der Waals surface area contributed by atoms with Gasteiger partial charge in [0.15, 0.2) is 17.3 Å². The zero-order valence-electron chi connectivity index (χ0n) is 10.7. The first kappa shape index (κ1) is 11.8. The average molecular weight is 257 g/mol. The maximum atomic E-state index is 5.59. The summed E-state index contributed by atoms with van der Waals surface area (Å²) in [7, 11) is 0. The molecular weight excluding hydrogens is 242 g/mol. The minimum absolute atomic E-state index is 0.580. The summed E-state index contributed by atoms with van der Waals surface area (Å²) in [4.78, 5) is 8.71. The number of nitrogens with one attached hydrogen (secondary N) is 1. The van der Waals surface area contributed by atoms with Crippen molar-refractivity contribution in [1.82, 2.24) is 9.97 Å². The standard InChI is InChI=1S/C14H15N3O2/c1-2-15-14-13(16-5-6-17-14)10-3-4-11-12(9-10)19-8-7-18-11/h3-6,9H,2,7-8H2,1H3,(H,15,17). The molecule has 0 unspecified atom stereocenters. The molecule has 19 heavy (non-hydrogen) atoms. The van der Waals surface area contributed by atoms with Crippen LogP contribution in [0.15, 0.2) is 30.6 Å². The first-order valence-corrected chi connectivity index (χ1v) is 6.33. The first-order valence-electron chi connectivity index (χ1n) is 6.33. The Labute approximate surface area is 111 Å². The molecule has 5 nitrogen and oxygen atoms in total. The Hall–Kier alpha value is -2.30. The van der Waals surface area contributed by atoms with Crippen LogP contribution in [0.2, 0.25) is 0 Å². The van der Waals surface area contributed by atoms with E-state index in [0.717, 1.165) is 35.1 Å². The Morgan fingerprint density at radius 2 is 1.89 bits per heavy atom. The molecule has 0 saturated carbocycles. The van der Waals surface area contributed by atoms with Crippen molar-refractivity contribution in [2.75, 3.05) is 25.1 Å². The van der Waals surface area contributed by atoms with Gasteiger partial charge in [-0.25, -0.2) is 4.98 Å². The lowest BCUT2D eigenvalue weighted by atomic mass is 10.1. The number of aromatic nitrogens is 2. The van der Waals surface area contributed by atoms with Crippen molar-refractivity contribution in [1.29, 1.82) is 0 Å². The molecule has 1 aromatic carbocycles. The van der Waals surface area contributed by atoms with Crippen LogP contribution in [0.3, 0.4) is 0 Å². The summed E-state index contributed by atoms with van der Waals surface area (Å²) in [5.74, 6) is 2.32. The fourth-order valence-electron chi connectivity index (χ4n) is 2.04. The van der Waals surface area contributed by atoms with E-state index in [1.165, 1.54) is 0 Å². The number of ether oxygens (including phenoxy) is 2. The molecule has 1 aliphatic rings. The second-order valence-corrected chi connectivity index (χ2v) is 4.14. The van der Waals surface area contributed by atoms with Gasteiger partial charge in [-0.1, -0.05) is 0 Å². The van der Waals surface area contributed by atoms with Gasteiger partial charge in [-0.05, 0) is 25.1 Å². The Morgan fingerprint density at radius 1 is 1.11 bits per heavy atom. The van der Waals surface area contributed by atoms with E-state index in [4.69, 9.17) is 9.47 Å². The maximum absolute atomic E-state index is 5.59. The lowest BCUT2D eigenvalue weighted by Crippen LogP contribution is -2.15. The molecular formula is C14H15N3O2. The summed E-state index contributed by atoms with van der Waals surface area (Å²) in [6.07, 6.45) is 3.37. The lowest BCUT2D eigenvalue weighted by Gasteiger charge is -2.19. The van der Waals surface area contributed by atoms with Gasteiger partial charge in [0.2, 0.25) is 0 Å². The number of fused-ring (bicyclic) bond motifs is 1. The fourth-order valence-corrected chi connectivity index (χ4v) is 2.04. The Bertz CT molecular complexity index is 587. The van der Waals surface area contributed by atoms with E-state index in [1.807, 2.05) is 25.1 Å². The highest BCUT2D eigenvalue weighted by Gasteiger charge is 2.14. The zero-order valence-corrected chi connectivity index (χ0v) is 10.7. The predicted octanol–water partition coefficient (Wildman–Crippen LogP) is 2.35. The van der Waals surface area contributed by atoms with Crippen molar-refractivity contribution in [3.8, 4) is 22.8 Å². The van der Waals surface area contributed by atoms with E-state index >= 15 is 0 Å². The molecule has 3 rings (SSSR count). The molecule has 0 aliphatic carbocycles. The molecule has 0 atom stereocenters. The number of rotatable bonds is 3. The van der Waals surface area contributed by atoms with Gasteiger partial charge in [0, 0.05) is 24.5 Å². The van der Waals surface area contributed by atoms with Gasteiger partial charge in [-0.3, -0.25) is 4.98 Å². The first-order chi connectivity index (χ1) is 9.38. The fraction of sp³-hybridized carbons (Fsp3) is 0.286. The Kier molecular flexibility index (Phi) is 3.18. The largest absolute Gasteiger partial charge is 0.486 e. The van der Waals surface area contributed by atoms with Crippen LogP contribution in [-0.4, -0.2) is 29.7 Å². The van der Waals surface area contributed by atoms with Crippen LogP contribution >= 0.6 is 0 Å². The van der Waals surface area contributed by atoms with Crippen LogP contribution in [0.25, 0.3) is 11.3 Å². The van der Waals surface area contributed by atoms with Crippen LogP contribution in [-0.2, 0) is 0 Å². The molecule has 0 radical (unpaired) electrons. The average Bonchev–Trinajstić information content (AvgIpc) is 2.48. The predicted molar refractivity (Wildman–Crippen MR) is 72.6 cm³/mol. The third-order valence-corrected chi connectivity index (χ3v) is 2.86. The molecule has 0 spiro atoms. The smallest absolute Gasteiger partial charge is 0.162 e. The van der Waals surface area contributed by atoms with Crippen LogP contribution in [0.4, 0.5) is 5.82 Å².